The summed E-state index contributed by atoms with van der Waals surface area (Å²) < 4.78 is 50.3. The molecule has 188 valence electrons. The molecule has 0 amide bonds. The van der Waals surface area contributed by atoms with Crippen molar-refractivity contribution in [1.29, 1.82) is 0 Å². The predicted molar refractivity (Wildman–Crippen MR) is 146 cm³/mol. The lowest BCUT2D eigenvalue weighted by Crippen LogP contribution is -2.19. The van der Waals surface area contributed by atoms with E-state index in [-0.39, 0.29) is 15.3 Å². The van der Waals surface area contributed by atoms with Crippen molar-refractivity contribution in [2.75, 3.05) is 36.8 Å². The minimum absolute atomic E-state index is 0.0392. The number of rotatable bonds is 5. The lowest BCUT2D eigenvalue weighted by Gasteiger charge is -2.20. The van der Waals surface area contributed by atoms with E-state index < -0.39 is 11.7 Å². The van der Waals surface area contributed by atoms with Gasteiger partial charge in [-0.2, -0.15) is 13.2 Å². The first kappa shape index (κ1) is 26.1. The van der Waals surface area contributed by atoms with Crippen molar-refractivity contribution < 1.29 is 22.6 Å². The third-order valence-corrected chi connectivity index (χ3v) is 7.01. The minimum atomic E-state index is -4.48. The number of thioether (sulfide) groups is 1. The molecular weight excluding hydrogens is 577 g/mol. The largest absolute Gasteiger partial charge is 0.493 e. The Kier molecular flexibility index (Phi) is 7.96. The fourth-order valence-electron chi connectivity index (χ4n) is 3.43. The number of aliphatic imine (C=N–C) groups is 1. The van der Waals surface area contributed by atoms with E-state index in [4.69, 9.17) is 21.7 Å². The van der Waals surface area contributed by atoms with Gasteiger partial charge in [-0.25, -0.2) is 0 Å². The maximum Gasteiger partial charge on any atom is 0.417 e. The molecule has 36 heavy (non-hydrogen) atoms. The molecule has 6 nitrogen and oxygen atoms in total. The van der Waals surface area contributed by atoms with Crippen LogP contribution >= 0.6 is 39.9 Å². The molecule has 0 aliphatic carbocycles. The number of nitrogens with one attached hydrogen (secondary N) is 3. The Morgan fingerprint density at radius 1 is 1.03 bits per heavy atom. The number of benzene rings is 3. The van der Waals surface area contributed by atoms with Crippen molar-refractivity contribution >= 4 is 67.1 Å². The monoisotopic (exact) mass is 596 g/mol. The highest BCUT2D eigenvalue weighted by atomic mass is 79.9. The Hall–Kier alpha value is -2.96. The lowest BCUT2D eigenvalue weighted by molar-refractivity contribution is -0.138. The molecule has 0 saturated heterocycles. The highest BCUT2D eigenvalue weighted by Crippen LogP contribution is 2.39. The first-order valence-corrected chi connectivity index (χ1v) is 12.5. The van der Waals surface area contributed by atoms with Gasteiger partial charge >= 0.3 is 6.18 Å². The van der Waals surface area contributed by atoms with Crippen LogP contribution in [0.5, 0.6) is 11.5 Å². The third kappa shape index (κ3) is 6.05. The predicted octanol–water partition coefficient (Wildman–Crippen LogP) is 7.22. The Morgan fingerprint density at radius 2 is 1.72 bits per heavy atom. The van der Waals surface area contributed by atoms with Crippen molar-refractivity contribution in [3.63, 3.8) is 0 Å². The van der Waals surface area contributed by atoms with Crippen molar-refractivity contribution in [1.82, 2.24) is 0 Å². The number of anilines is 3. The number of alkyl halides is 3. The fraction of sp³-hybridized carbons (Fsp3) is 0.167. The molecule has 0 atom stereocenters. The molecule has 12 heteroatoms. The summed E-state index contributed by atoms with van der Waals surface area (Å²) in [5.41, 5.74) is 1.88. The Morgan fingerprint density at radius 3 is 2.42 bits per heavy atom. The second-order valence-corrected chi connectivity index (χ2v) is 9.78. The van der Waals surface area contributed by atoms with Gasteiger partial charge in [0.1, 0.15) is 11.7 Å². The van der Waals surface area contributed by atoms with Crippen molar-refractivity contribution in [2.45, 2.75) is 11.1 Å². The number of ether oxygens (including phenoxy) is 2. The summed E-state index contributed by atoms with van der Waals surface area (Å²) in [5, 5.41) is 10.0. The van der Waals surface area contributed by atoms with Gasteiger partial charge in [0.2, 0.25) is 0 Å². The Balaban J connectivity index is 1.48. The lowest BCUT2D eigenvalue weighted by atomic mass is 10.1. The van der Waals surface area contributed by atoms with Crippen LogP contribution in [0.25, 0.3) is 0 Å². The summed E-state index contributed by atoms with van der Waals surface area (Å²) in [5.74, 6) is 1.22. The zero-order valence-electron chi connectivity index (χ0n) is 19.0. The van der Waals surface area contributed by atoms with Crippen molar-refractivity contribution in [3.8, 4) is 11.5 Å². The average Bonchev–Trinajstić information content (AvgIpc) is 2.84. The van der Waals surface area contributed by atoms with Gasteiger partial charge in [0.05, 0.1) is 19.8 Å². The van der Waals surface area contributed by atoms with E-state index in [2.05, 4.69) is 36.9 Å². The highest BCUT2D eigenvalue weighted by molar-refractivity contribution is 9.10. The maximum atomic E-state index is 13.2. The smallest absolute Gasteiger partial charge is 0.417 e. The van der Waals surface area contributed by atoms with Crippen LogP contribution in [0.15, 0.2) is 69.0 Å². The number of halogens is 4. The zero-order chi connectivity index (χ0) is 25.9. The van der Waals surface area contributed by atoms with Crippen molar-refractivity contribution in [2.24, 2.45) is 4.99 Å². The van der Waals surface area contributed by atoms with Crippen molar-refractivity contribution in [3.05, 3.63) is 70.2 Å². The van der Waals surface area contributed by atoms with Crippen LogP contribution in [-0.2, 0) is 6.18 Å². The van der Waals surface area contributed by atoms with E-state index in [0.717, 1.165) is 27.3 Å². The molecule has 1 heterocycles. The van der Waals surface area contributed by atoms with Gasteiger partial charge in [-0.1, -0.05) is 33.8 Å². The molecule has 3 aromatic rings. The number of thiocarbonyl (C=S) groups is 1. The average molecular weight is 597 g/mol. The Labute approximate surface area is 223 Å². The standard InChI is InChI=1S/C24H20BrF3N4O2S2/c1-33-20-10-16-19(11-21(20)34-2)29-12-30-22(16)36-15-5-3-4-13(8-15)31-23(35)32-14-6-7-18(25)17(9-14)24(26,27)28/h3-11,29H,12H2,1-2H3,(H2,31,32,35). The molecule has 0 saturated carbocycles. The van der Waals surface area contributed by atoms with Crippen LogP contribution in [0, 0.1) is 0 Å². The van der Waals surface area contributed by atoms with Gasteiger partial charge < -0.3 is 25.4 Å². The molecule has 3 N–H and O–H groups in total. The zero-order valence-corrected chi connectivity index (χ0v) is 22.2. The van der Waals surface area contributed by atoms with Gasteiger partial charge in [0.15, 0.2) is 16.6 Å². The number of hydrogen-bond acceptors (Lipinski definition) is 6. The van der Waals surface area contributed by atoms with Gasteiger partial charge in [0, 0.05) is 38.1 Å². The second-order valence-electron chi connectivity index (χ2n) is 7.45. The SMILES string of the molecule is COc1cc2c(cc1OC)C(Sc1cccc(NC(=S)Nc3ccc(Br)c(C(F)(F)F)c3)c1)=NCN2. The quantitative estimate of drug-likeness (QED) is 0.269. The molecule has 0 spiro atoms. The summed E-state index contributed by atoms with van der Waals surface area (Å²) in [6.07, 6.45) is -4.48. The molecule has 0 bridgehead atoms. The minimum Gasteiger partial charge on any atom is -0.493 e. The maximum absolute atomic E-state index is 13.2. The molecule has 4 rings (SSSR count). The van der Waals surface area contributed by atoms with E-state index in [0.29, 0.717) is 23.9 Å². The first-order chi connectivity index (χ1) is 17.2. The van der Waals surface area contributed by atoms with E-state index in [1.165, 1.54) is 23.9 Å². The molecule has 0 aromatic heterocycles. The second kappa shape index (κ2) is 11.0. The van der Waals surface area contributed by atoms with Gasteiger partial charge in [-0.15, -0.1) is 0 Å². The van der Waals surface area contributed by atoms with Crippen LogP contribution in [0.2, 0.25) is 0 Å². The molecule has 1 aliphatic rings. The van der Waals surface area contributed by atoms with Gasteiger partial charge in [-0.3, -0.25) is 4.99 Å². The van der Waals surface area contributed by atoms with E-state index in [1.54, 1.807) is 14.2 Å². The third-order valence-electron chi connectivity index (χ3n) is 5.08. The van der Waals surface area contributed by atoms with Crippen LogP contribution in [0.3, 0.4) is 0 Å². The normalized spacial score (nSPS) is 12.7. The van der Waals surface area contributed by atoms with E-state index >= 15 is 0 Å². The summed E-state index contributed by atoms with van der Waals surface area (Å²) in [6, 6.07) is 15.1. The summed E-state index contributed by atoms with van der Waals surface area (Å²) in [6.45, 7) is 0.421. The number of nitrogens with zero attached hydrogens (tertiary/aromatic N) is 1. The van der Waals surface area contributed by atoms with E-state index in [9.17, 15) is 13.2 Å². The molecule has 0 unspecified atom stereocenters. The molecule has 1 aliphatic heterocycles. The van der Waals surface area contributed by atoms with Gasteiger partial charge in [0.25, 0.3) is 0 Å². The molecule has 3 aromatic carbocycles. The number of fused-ring (bicyclic) bond motifs is 1. The van der Waals surface area contributed by atoms with Gasteiger partial charge in [-0.05, 0) is 54.7 Å². The number of hydrogen-bond donors (Lipinski definition) is 3. The van der Waals surface area contributed by atoms with Crippen LogP contribution < -0.4 is 25.4 Å². The number of methoxy groups -OCH3 is 2. The molecule has 0 fully saturated rings. The highest BCUT2D eigenvalue weighted by Gasteiger charge is 2.33. The van der Waals surface area contributed by atoms with Crippen LogP contribution in [0.4, 0.5) is 30.2 Å². The van der Waals surface area contributed by atoms with Crippen LogP contribution in [-0.4, -0.2) is 31.0 Å². The summed E-state index contributed by atoms with van der Waals surface area (Å²) in [4.78, 5) is 5.49. The first-order valence-electron chi connectivity index (χ1n) is 10.5. The molecule has 0 radical (unpaired) electrons. The van der Waals surface area contributed by atoms with E-state index in [1.807, 2.05) is 36.4 Å². The fourth-order valence-corrected chi connectivity index (χ4v) is 5.10. The van der Waals surface area contributed by atoms with Crippen LogP contribution in [0.1, 0.15) is 11.1 Å². The summed E-state index contributed by atoms with van der Waals surface area (Å²) >= 11 is 9.72. The summed E-state index contributed by atoms with van der Waals surface area (Å²) in [7, 11) is 3.16. The topological polar surface area (TPSA) is 66.9 Å². The molecular formula is C24H20BrF3N4O2S2. The Bertz CT molecular complexity index is 1340.